The van der Waals surface area contributed by atoms with Crippen molar-refractivity contribution in [1.82, 2.24) is 5.01 Å². The van der Waals surface area contributed by atoms with Crippen LogP contribution in [0.15, 0.2) is 48.5 Å². The summed E-state index contributed by atoms with van der Waals surface area (Å²) in [5, 5.41) is 13.0. The standard InChI is InChI=1S/C26H33N3O3/c1-6-7-22-17-23(16-19-8-10-20(18-27)11-9-19)29(25(30)32-26(2,3)4)28(22)21-12-14-24(31-5)15-13-21/h8-15,22-23H,6-7,16-17H2,1-5H3/t22-,23-/m1/s1. The van der Waals surface area contributed by atoms with E-state index in [0.717, 1.165) is 36.3 Å². The van der Waals surface area contributed by atoms with E-state index in [1.54, 1.807) is 12.1 Å². The zero-order valence-corrected chi connectivity index (χ0v) is 19.7. The number of carbonyl (C=O) groups excluding carboxylic acids is 1. The molecule has 0 aromatic heterocycles. The fraction of sp³-hybridized carbons (Fsp3) is 0.462. The molecule has 0 radical (unpaired) electrons. The number of hydrazine groups is 1. The van der Waals surface area contributed by atoms with Crippen LogP contribution in [0.25, 0.3) is 0 Å². The fourth-order valence-corrected chi connectivity index (χ4v) is 4.21. The van der Waals surface area contributed by atoms with Crippen molar-refractivity contribution in [3.8, 4) is 11.8 Å². The summed E-state index contributed by atoms with van der Waals surface area (Å²) >= 11 is 0. The van der Waals surface area contributed by atoms with Crippen LogP contribution in [-0.2, 0) is 11.2 Å². The number of nitriles is 1. The third-order valence-electron chi connectivity index (χ3n) is 5.56. The first-order valence-electron chi connectivity index (χ1n) is 11.2. The van der Waals surface area contributed by atoms with Crippen LogP contribution in [0, 0.1) is 11.3 Å². The topological polar surface area (TPSA) is 65.8 Å². The molecular weight excluding hydrogens is 402 g/mol. The molecule has 32 heavy (non-hydrogen) atoms. The molecule has 6 heteroatoms. The average molecular weight is 436 g/mol. The average Bonchev–Trinajstić information content (AvgIpc) is 3.11. The van der Waals surface area contributed by atoms with Crippen molar-refractivity contribution in [3.05, 3.63) is 59.7 Å². The molecule has 1 aliphatic rings. The van der Waals surface area contributed by atoms with Crippen LogP contribution in [0.4, 0.5) is 10.5 Å². The van der Waals surface area contributed by atoms with Crippen LogP contribution in [0.3, 0.4) is 0 Å². The van der Waals surface area contributed by atoms with Gasteiger partial charge in [-0.2, -0.15) is 5.26 Å². The predicted octanol–water partition coefficient (Wildman–Crippen LogP) is 5.71. The molecule has 0 bridgehead atoms. The second-order valence-electron chi connectivity index (χ2n) is 9.21. The van der Waals surface area contributed by atoms with Crippen LogP contribution in [-0.4, -0.2) is 35.9 Å². The molecule has 0 saturated carbocycles. The molecule has 0 spiro atoms. The lowest BCUT2D eigenvalue weighted by molar-refractivity contribution is 0.0195. The molecule has 1 amide bonds. The van der Waals surface area contributed by atoms with E-state index in [-0.39, 0.29) is 18.2 Å². The van der Waals surface area contributed by atoms with Gasteiger partial charge in [0.15, 0.2) is 0 Å². The summed E-state index contributed by atoms with van der Waals surface area (Å²) in [5.74, 6) is 0.776. The van der Waals surface area contributed by atoms with Gasteiger partial charge in [-0.3, -0.25) is 5.01 Å². The number of methoxy groups -OCH3 is 1. The van der Waals surface area contributed by atoms with Gasteiger partial charge in [-0.25, -0.2) is 9.80 Å². The number of amides is 1. The molecule has 1 aliphatic heterocycles. The van der Waals surface area contributed by atoms with Gasteiger partial charge in [0.05, 0.1) is 36.5 Å². The third kappa shape index (κ3) is 5.53. The van der Waals surface area contributed by atoms with Gasteiger partial charge in [0.25, 0.3) is 0 Å². The Bertz CT molecular complexity index is 942. The normalized spacial score (nSPS) is 18.4. The summed E-state index contributed by atoms with van der Waals surface area (Å²) in [6.45, 7) is 7.82. The lowest BCUT2D eigenvalue weighted by atomic mass is 9.98. The summed E-state index contributed by atoms with van der Waals surface area (Å²) in [4.78, 5) is 13.4. The maximum Gasteiger partial charge on any atom is 0.429 e. The summed E-state index contributed by atoms with van der Waals surface area (Å²) in [7, 11) is 1.64. The summed E-state index contributed by atoms with van der Waals surface area (Å²) in [6.07, 6.45) is 3.18. The Balaban J connectivity index is 1.97. The Morgan fingerprint density at radius 1 is 1.09 bits per heavy atom. The summed E-state index contributed by atoms with van der Waals surface area (Å²) in [6, 6.07) is 17.7. The Morgan fingerprint density at radius 3 is 2.28 bits per heavy atom. The first-order chi connectivity index (χ1) is 15.3. The number of carbonyl (C=O) groups is 1. The van der Waals surface area contributed by atoms with Crippen LogP contribution >= 0.6 is 0 Å². The van der Waals surface area contributed by atoms with E-state index in [0.29, 0.717) is 12.0 Å². The molecule has 0 aliphatic carbocycles. The summed E-state index contributed by atoms with van der Waals surface area (Å²) < 4.78 is 11.1. The van der Waals surface area contributed by atoms with E-state index in [1.165, 1.54) is 0 Å². The Labute approximate surface area is 191 Å². The lowest BCUT2D eigenvalue weighted by Gasteiger charge is -2.37. The predicted molar refractivity (Wildman–Crippen MR) is 126 cm³/mol. The minimum Gasteiger partial charge on any atom is -0.497 e. The Hall–Kier alpha value is -3.20. The van der Waals surface area contributed by atoms with Crippen molar-refractivity contribution >= 4 is 11.8 Å². The molecular formula is C26H33N3O3. The van der Waals surface area contributed by atoms with Gasteiger partial charge in [-0.15, -0.1) is 0 Å². The molecule has 1 heterocycles. The molecule has 0 unspecified atom stereocenters. The monoisotopic (exact) mass is 435 g/mol. The number of anilines is 1. The van der Waals surface area contributed by atoms with Crippen molar-refractivity contribution in [2.45, 2.75) is 71.1 Å². The number of nitrogens with zero attached hydrogens (tertiary/aromatic N) is 3. The number of hydrogen-bond acceptors (Lipinski definition) is 5. The van der Waals surface area contributed by atoms with E-state index in [2.05, 4.69) is 18.0 Å². The number of hydrogen-bond donors (Lipinski definition) is 0. The number of ether oxygens (including phenoxy) is 2. The van der Waals surface area contributed by atoms with E-state index in [1.807, 2.05) is 69.3 Å². The Morgan fingerprint density at radius 2 is 1.75 bits per heavy atom. The minimum absolute atomic E-state index is 0.0450. The third-order valence-corrected chi connectivity index (χ3v) is 5.56. The van der Waals surface area contributed by atoms with E-state index >= 15 is 0 Å². The molecule has 2 aromatic rings. The molecule has 2 aromatic carbocycles. The molecule has 0 N–H and O–H groups in total. The minimum atomic E-state index is -0.593. The van der Waals surface area contributed by atoms with Crippen LogP contribution < -0.4 is 9.75 Å². The Kier molecular flexibility index (Phi) is 7.29. The molecule has 2 atom stereocenters. The van der Waals surface area contributed by atoms with Gasteiger partial charge in [0.1, 0.15) is 11.4 Å². The SMILES string of the molecule is CCC[C@@H]1C[C@@H](Cc2ccc(C#N)cc2)N(C(=O)OC(C)(C)C)N1c1ccc(OC)cc1. The molecule has 1 fully saturated rings. The van der Waals surface area contributed by atoms with E-state index in [9.17, 15) is 4.79 Å². The smallest absolute Gasteiger partial charge is 0.429 e. The zero-order chi connectivity index (χ0) is 23.3. The number of benzene rings is 2. The molecule has 6 nitrogen and oxygen atoms in total. The number of rotatable bonds is 6. The maximum atomic E-state index is 13.4. The highest BCUT2D eigenvalue weighted by atomic mass is 16.6. The van der Waals surface area contributed by atoms with Crippen LogP contribution in [0.1, 0.15) is 58.1 Å². The van der Waals surface area contributed by atoms with Gasteiger partial charge in [-0.1, -0.05) is 25.5 Å². The first kappa shape index (κ1) is 23.5. The maximum absolute atomic E-state index is 13.4. The highest BCUT2D eigenvalue weighted by Gasteiger charge is 2.43. The van der Waals surface area contributed by atoms with Crippen molar-refractivity contribution < 1.29 is 14.3 Å². The first-order valence-corrected chi connectivity index (χ1v) is 11.2. The zero-order valence-electron chi connectivity index (χ0n) is 19.7. The van der Waals surface area contributed by atoms with Gasteiger partial charge < -0.3 is 9.47 Å². The van der Waals surface area contributed by atoms with Gasteiger partial charge in [0.2, 0.25) is 0 Å². The van der Waals surface area contributed by atoms with Crippen molar-refractivity contribution in [2.75, 3.05) is 12.1 Å². The highest BCUT2D eigenvalue weighted by Crippen LogP contribution is 2.36. The molecule has 3 rings (SSSR count). The van der Waals surface area contributed by atoms with Gasteiger partial charge in [0, 0.05) is 0 Å². The second kappa shape index (κ2) is 9.95. The van der Waals surface area contributed by atoms with Crippen LogP contribution in [0.5, 0.6) is 5.75 Å². The van der Waals surface area contributed by atoms with Crippen molar-refractivity contribution in [3.63, 3.8) is 0 Å². The highest BCUT2D eigenvalue weighted by molar-refractivity contribution is 5.73. The fourth-order valence-electron chi connectivity index (χ4n) is 4.21. The van der Waals surface area contributed by atoms with E-state index in [4.69, 9.17) is 14.7 Å². The molecule has 170 valence electrons. The largest absolute Gasteiger partial charge is 0.497 e. The second-order valence-corrected chi connectivity index (χ2v) is 9.21. The molecule has 1 saturated heterocycles. The van der Waals surface area contributed by atoms with Crippen LogP contribution in [0.2, 0.25) is 0 Å². The van der Waals surface area contributed by atoms with Gasteiger partial charge >= 0.3 is 6.09 Å². The van der Waals surface area contributed by atoms with Gasteiger partial charge in [-0.05, 0) is 82.0 Å². The van der Waals surface area contributed by atoms with Crippen molar-refractivity contribution in [1.29, 1.82) is 5.26 Å². The quantitative estimate of drug-likeness (QED) is 0.581. The lowest BCUT2D eigenvalue weighted by Crippen LogP contribution is -2.50. The van der Waals surface area contributed by atoms with Crippen molar-refractivity contribution in [2.24, 2.45) is 0 Å². The van der Waals surface area contributed by atoms with E-state index < -0.39 is 5.60 Å². The summed E-state index contributed by atoms with van der Waals surface area (Å²) in [5.41, 5.74) is 2.07.